The highest BCUT2D eigenvalue weighted by Gasteiger charge is 2.29. The molecule has 0 aliphatic rings. The van der Waals surface area contributed by atoms with E-state index in [1.54, 1.807) is 0 Å². The van der Waals surface area contributed by atoms with Crippen molar-refractivity contribution >= 4 is 0 Å². The van der Waals surface area contributed by atoms with E-state index in [4.69, 9.17) is 5.73 Å². The SMILES string of the molecule is CC(C)Cc1cccc(C(N)C(C)(C)c2ccccc2)c1. The van der Waals surface area contributed by atoms with Gasteiger partial charge in [-0.05, 0) is 29.0 Å². The fourth-order valence-corrected chi connectivity index (χ4v) is 2.85. The first-order valence-electron chi connectivity index (χ1n) is 7.81. The van der Waals surface area contributed by atoms with Crippen LogP contribution in [0.4, 0.5) is 0 Å². The lowest BCUT2D eigenvalue weighted by atomic mass is 9.75. The summed E-state index contributed by atoms with van der Waals surface area (Å²) in [6.45, 7) is 8.95. The average molecular weight is 281 g/mol. The van der Waals surface area contributed by atoms with Crippen molar-refractivity contribution in [1.82, 2.24) is 0 Å². The Morgan fingerprint density at radius 2 is 1.62 bits per heavy atom. The number of hydrogen-bond acceptors (Lipinski definition) is 1. The Morgan fingerprint density at radius 3 is 2.24 bits per heavy atom. The summed E-state index contributed by atoms with van der Waals surface area (Å²) in [6, 6.07) is 19.3. The summed E-state index contributed by atoms with van der Waals surface area (Å²) in [4.78, 5) is 0. The van der Waals surface area contributed by atoms with Crippen LogP contribution in [0.1, 0.15) is 50.4 Å². The molecule has 0 heterocycles. The Morgan fingerprint density at radius 1 is 0.952 bits per heavy atom. The molecule has 112 valence electrons. The van der Waals surface area contributed by atoms with Gasteiger partial charge in [-0.15, -0.1) is 0 Å². The zero-order valence-electron chi connectivity index (χ0n) is 13.6. The Kier molecular flexibility index (Phi) is 4.84. The van der Waals surface area contributed by atoms with Crippen molar-refractivity contribution in [2.24, 2.45) is 11.7 Å². The Labute approximate surface area is 129 Å². The van der Waals surface area contributed by atoms with Gasteiger partial charge in [0.1, 0.15) is 0 Å². The highest BCUT2D eigenvalue weighted by molar-refractivity contribution is 5.33. The third kappa shape index (κ3) is 3.74. The molecule has 2 rings (SSSR count). The van der Waals surface area contributed by atoms with Crippen molar-refractivity contribution in [2.45, 2.75) is 45.6 Å². The van der Waals surface area contributed by atoms with Gasteiger partial charge < -0.3 is 5.73 Å². The van der Waals surface area contributed by atoms with Gasteiger partial charge in [-0.2, -0.15) is 0 Å². The van der Waals surface area contributed by atoms with Crippen molar-refractivity contribution in [3.63, 3.8) is 0 Å². The predicted octanol–water partition coefficient (Wildman–Crippen LogP) is 4.86. The first-order valence-corrected chi connectivity index (χ1v) is 7.81. The van der Waals surface area contributed by atoms with Crippen LogP contribution in [0.5, 0.6) is 0 Å². The maximum Gasteiger partial charge on any atom is 0.0387 e. The van der Waals surface area contributed by atoms with Crippen molar-refractivity contribution in [3.05, 3.63) is 71.3 Å². The van der Waals surface area contributed by atoms with E-state index < -0.39 is 0 Å². The molecular formula is C20H27N. The zero-order chi connectivity index (χ0) is 15.5. The Balaban J connectivity index is 2.29. The average Bonchev–Trinajstić information content (AvgIpc) is 2.47. The summed E-state index contributed by atoms with van der Waals surface area (Å²) in [6.07, 6.45) is 1.10. The second-order valence-electron chi connectivity index (χ2n) is 6.91. The molecule has 0 saturated carbocycles. The summed E-state index contributed by atoms with van der Waals surface area (Å²) < 4.78 is 0. The molecule has 1 nitrogen and oxygen atoms in total. The van der Waals surface area contributed by atoms with E-state index in [2.05, 4.69) is 76.2 Å². The van der Waals surface area contributed by atoms with Gasteiger partial charge in [-0.1, -0.05) is 82.3 Å². The number of hydrogen-bond donors (Lipinski definition) is 1. The van der Waals surface area contributed by atoms with E-state index in [9.17, 15) is 0 Å². The van der Waals surface area contributed by atoms with Gasteiger partial charge in [0.2, 0.25) is 0 Å². The number of benzene rings is 2. The molecule has 21 heavy (non-hydrogen) atoms. The normalized spacial score (nSPS) is 13.4. The van der Waals surface area contributed by atoms with Crippen LogP contribution in [-0.4, -0.2) is 0 Å². The molecule has 1 unspecified atom stereocenters. The summed E-state index contributed by atoms with van der Waals surface area (Å²) in [7, 11) is 0. The number of nitrogens with two attached hydrogens (primary N) is 1. The minimum Gasteiger partial charge on any atom is -0.323 e. The van der Waals surface area contributed by atoms with Crippen LogP contribution < -0.4 is 5.73 Å². The second kappa shape index (κ2) is 6.44. The zero-order valence-corrected chi connectivity index (χ0v) is 13.6. The molecule has 0 saturated heterocycles. The third-order valence-corrected chi connectivity index (χ3v) is 4.25. The predicted molar refractivity (Wildman–Crippen MR) is 91.4 cm³/mol. The molecule has 2 N–H and O–H groups in total. The first kappa shape index (κ1) is 15.8. The lowest BCUT2D eigenvalue weighted by Crippen LogP contribution is -2.33. The largest absolute Gasteiger partial charge is 0.323 e. The Hall–Kier alpha value is -1.60. The van der Waals surface area contributed by atoms with Gasteiger partial charge in [-0.3, -0.25) is 0 Å². The van der Waals surface area contributed by atoms with Crippen LogP contribution in [-0.2, 0) is 11.8 Å². The summed E-state index contributed by atoms with van der Waals surface area (Å²) in [5.41, 5.74) is 10.4. The van der Waals surface area contributed by atoms with Crippen LogP contribution in [0.15, 0.2) is 54.6 Å². The van der Waals surface area contributed by atoms with Crippen molar-refractivity contribution in [1.29, 1.82) is 0 Å². The summed E-state index contributed by atoms with van der Waals surface area (Å²) in [5.74, 6) is 0.665. The van der Waals surface area contributed by atoms with Gasteiger partial charge in [0.05, 0.1) is 0 Å². The Bertz CT molecular complexity index is 569. The van der Waals surface area contributed by atoms with Crippen LogP contribution in [0.25, 0.3) is 0 Å². The van der Waals surface area contributed by atoms with E-state index in [0.717, 1.165) is 6.42 Å². The van der Waals surface area contributed by atoms with Crippen LogP contribution >= 0.6 is 0 Å². The molecule has 0 fully saturated rings. The van der Waals surface area contributed by atoms with E-state index in [-0.39, 0.29) is 11.5 Å². The van der Waals surface area contributed by atoms with E-state index in [1.807, 2.05) is 6.07 Å². The lowest BCUT2D eigenvalue weighted by Gasteiger charge is -2.33. The monoisotopic (exact) mass is 281 g/mol. The van der Waals surface area contributed by atoms with Gasteiger partial charge in [0.25, 0.3) is 0 Å². The van der Waals surface area contributed by atoms with Crippen molar-refractivity contribution in [3.8, 4) is 0 Å². The smallest absolute Gasteiger partial charge is 0.0387 e. The van der Waals surface area contributed by atoms with Crippen LogP contribution in [0.3, 0.4) is 0 Å². The highest BCUT2D eigenvalue weighted by atomic mass is 14.7. The van der Waals surface area contributed by atoms with E-state index >= 15 is 0 Å². The molecule has 0 bridgehead atoms. The summed E-state index contributed by atoms with van der Waals surface area (Å²) >= 11 is 0. The molecule has 0 aromatic heterocycles. The molecule has 0 amide bonds. The third-order valence-electron chi connectivity index (χ3n) is 4.25. The van der Waals surface area contributed by atoms with Gasteiger partial charge in [0, 0.05) is 11.5 Å². The first-order chi connectivity index (χ1) is 9.91. The standard InChI is InChI=1S/C20H27N/c1-15(2)13-16-9-8-10-17(14-16)19(21)20(3,4)18-11-6-5-7-12-18/h5-12,14-15,19H,13,21H2,1-4H3. The topological polar surface area (TPSA) is 26.0 Å². The minimum absolute atomic E-state index is 0.00740. The summed E-state index contributed by atoms with van der Waals surface area (Å²) in [5, 5.41) is 0. The fourth-order valence-electron chi connectivity index (χ4n) is 2.85. The molecule has 1 heteroatoms. The van der Waals surface area contributed by atoms with Crippen LogP contribution in [0, 0.1) is 5.92 Å². The van der Waals surface area contributed by atoms with Gasteiger partial charge in [0.15, 0.2) is 0 Å². The molecule has 0 radical (unpaired) electrons. The van der Waals surface area contributed by atoms with E-state index in [1.165, 1.54) is 16.7 Å². The maximum absolute atomic E-state index is 6.60. The highest BCUT2D eigenvalue weighted by Crippen LogP contribution is 2.35. The molecule has 0 aliphatic heterocycles. The molecule has 1 atom stereocenters. The van der Waals surface area contributed by atoms with Crippen molar-refractivity contribution in [2.75, 3.05) is 0 Å². The van der Waals surface area contributed by atoms with Crippen LogP contribution in [0.2, 0.25) is 0 Å². The molecule has 2 aromatic carbocycles. The quantitative estimate of drug-likeness (QED) is 0.832. The second-order valence-corrected chi connectivity index (χ2v) is 6.91. The molecule has 0 spiro atoms. The van der Waals surface area contributed by atoms with Gasteiger partial charge >= 0.3 is 0 Å². The van der Waals surface area contributed by atoms with E-state index in [0.29, 0.717) is 5.92 Å². The minimum atomic E-state index is -0.0856. The van der Waals surface area contributed by atoms with Gasteiger partial charge in [-0.25, -0.2) is 0 Å². The lowest BCUT2D eigenvalue weighted by molar-refractivity contribution is 0.420. The van der Waals surface area contributed by atoms with Crippen molar-refractivity contribution < 1.29 is 0 Å². The molecule has 2 aromatic rings. The number of rotatable bonds is 5. The fraction of sp³-hybridized carbons (Fsp3) is 0.400. The maximum atomic E-state index is 6.60. The molecular weight excluding hydrogens is 254 g/mol. The molecule has 0 aliphatic carbocycles.